The summed E-state index contributed by atoms with van der Waals surface area (Å²) in [5.41, 5.74) is 2.69. The minimum atomic E-state index is -0.210. The molecule has 1 amide bonds. The van der Waals surface area contributed by atoms with Crippen molar-refractivity contribution in [1.82, 2.24) is 14.3 Å². The minimum Gasteiger partial charge on any atom is -0.497 e. The molecule has 0 N–H and O–H groups in total. The largest absolute Gasteiger partial charge is 0.497 e. The standard InChI is InChI=1S/C27H30N4O3S2/c1-5-13-29(14-6-2)24-21(25(32)30-16-18(3)7-12-23(30)28-24)15-22-26(33)31(27(35)36-22)17-19-8-10-20(34-4)11-9-19/h7-12,15-16H,5-6,13-14,17H2,1-4H3. The van der Waals surface area contributed by atoms with Crippen LogP contribution in [0.2, 0.25) is 0 Å². The van der Waals surface area contributed by atoms with Crippen molar-refractivity contribution in [2.24, 2.45) is 0 Å². The van der Waals surface area contributed by atoms with E-state index in [1.54, 1.807) is 28.7 Å². The maximum Gasteiger partial charge on any atom is 0.267 e. The molecule has 3 heterocycles. The Morgan fingerprint density at radius 1 is 1.08 bits per heavy atom. The van der Waals surface area contributed by atoms with Gasteiger partial charge in [0.25, 0.3) is 11.5 Å². The van der Waals surface area contributed by atoms with Gasteiger partial charge in [0.15, 0.2) is 0 Å². The molecule has 0 aliphatic carbocycles. The molecule has 1 aliphatic rings. The fourth-order valence-corrected chi connectivity index (χ4v) is 5.40. The molecule has 7 nitrogen and oxygen atoms in total. The summed E-state index contributed by atoms with van der Waals surface area (Å²) in [6.45, 7) is 8.02. The van der Waals surface area contributed by atoms with Crippen LogP contribution in [0.25, 0.3) is 11.7 Å². The van der Waals surface area contributed by atoms with Crippen LogP contribution in [0.3, 0.4) is 0 Å². The zero-order valence-corrected chi connectivity index (χ0v) is 22.6. The number of thioether (sulfide) groups is 1. The van der Waals surface area contributed by atoms with Gasteiger partial charge in [0.05, 0.1) is 24.1 Å². The quantitative estimate of drug-likeness (QED) is 0.288. The lowest BCUT2D eigenvalue weighted by atomic mass is 10.2. The van der Waals surface area contributed by atoms with Gasteiger partial charge in [0, 0.05) is 19.3 Å². The van der Waals surface area contributed by atoms with Crippen molar-refractivity contribution < 1.29 is 9.53 Å². The Bertz CT molecular complexity index is 1380. The Labute approximate surface area is 220 Å². The van der Waals surface area contributed by atoms with Crippen molar-refractivity contribution in [3.8, 4) is 5.75 Å². The number of carbonyl (C=O) groups excluding carboxylic acids is 1. The number of fused-ring (bicyclic) bond motifs is 1. The van der Waals surface area contributed by atoms with Gasteiger partial charge in [-0.3, -0.25) is 18.9 Å². The zero-order chi connectivity index (χ0) is 25.8. The highest BCUT2D eigenvalue weighted by Crippen LogP contribution is 2.34. The summed E-state index contributed by atoms with van der Waals surface area (Å²) in [4.78, 5) is 36.1. The number of ether oxygens (including phenoxy) is 1. The van der Waals surface area contributed by atoms with Crippen LogP contribution in [0.4, 0.5) is 5.82 Å². The molecular formula is C27H30N4O3S2. The van der Waals surface area contributed by atoms with Crippen molar-refractivity contribution >= 4 is 51.7 Å². The van der Waals surface area contributed by atoms with E-state index in [4.69, 9.17) is 21.9 Å². The van der Waals surface area contributed by atoms with E-state index in [0.29, 0.717) is 32.8 Å². The second kappa shape index (κ2) is 11.3. The van der Waals surface area contributed by atoms with Gasteiger partial charge < -0.3 is 9.64 Å². The van der Waals surface area contributed by atoms with Gasteiger partial charge in [0.1, 0.15) is 21.5 Å². The van der Waals surface area contributed by atoms with Gasteiger partial charge in [-0.15, -0.1) is 0 Å². The number of benzene rings is 1. The lowest BCUT2D eigenvalue weighted by Gasteiger charge is -2.24. The molecule has 0 saturated carbocycles. The molecule has 0 atom stereocenters. The first-order valence-electron chi connectivity index (χ1n) is 12.0. The fourth-order valence-electron chi connectivity index (χ4n) is 4.16. The molecule has 188 valence electrons. The maximum absolute atomic E-state index is 13.7. The van der Waals surface area contributed by atoms with E-state index in [-0.39, 0.29) is 11.5 Å². The highest BCUT2D eigenvalue weighted by molar-refractivity contribution is 8.26. The maximum atomic E-state index is 13.7. The number of nitrogens with zero attached hydrogens (tertiary/aromatic N) is 4. The average Bonchev–Trinajstić information content (AvgIpc) is 3.13. The van der Waals surface area contributed by atoms with E-state index in [2.05, 4.69) is 18.7 Å². The van der Waals surface area contributed by atoms with Crippen molar-refractivity contribution in [2.45, 2.75) is 40.2 Å². The fraction of sp³-hybridized carbons (Fsp3) is 0.333. The van der Waals surface area contributed by atoms with Crippen LogP contribution in [0.1, 0.15) is 43.4 Å². The summed E-state index contributed by atoms with van der Waals surface area (Å²) in [6.07, 6.45) is 5.28. The van der Waals surface area contributed by atoms with Crippen LogP contribution in [0, 0.1) is 6.92 Å². The van der Waals surface area contributed by atoms with E-state index in [1.165, 1.54) is 11.8 Å². The summed E-state index contributed by atoms with van der Waals surface area (Å²) in [7, 11) is 1.61. The van der Waals surface area contributed by atoms with Crippen molar-refractivity contribution in [3.05, 3.63) is 74.5 Å². The third kappa shape index (κ3) is 5.32. The van der Waals surface area contributed by atoms with Gasteiger partial charge in [-0.2, -0.15) is 0 Å². The number of pyridine rings is 1. The number of aryl methyl sites for hydroxylation is 1. The molecule has 0 unspecified atom stereocenters. The van der Waals surface area contributed by atoms with Crippen molar-refractivity contribution in [2.75, 3.05) is 25.1 Å². The molecule has 1 fully saturated rings. The number of hydrogen-bond acceptors (Lipinski definition) is 7. The summed E-state index contributed by atoms with van der Waals surface area (Å²) in [5.74, 6) is 1.14. The number of aromatic nitrogens is 2. The lowest BCUT2D eigenvalue weighted by Crippen LogP contribution is -2.31. The van der Waals surface area contributed by atoms with Crippen LogP contribution in [-0.2, 0) is 11.3 Å². The Balaban J connectivity index is 1.77. The molecule has 9 heteroatoms. The van der Waals surface area contributed by atoms with Crippen LogP contribution in [-0.4, -0.2) is 44.7 Å². The van der Waals surface area contributed by atoms with Gasteiger partial charge in [0.2, 0.25) is 0 Å². The molecular weight excluding hydrogens is 492 g/mol. The van der Waals surface area contributed by atoms with Crippen molar-refractivity contribution in [3.63, 3.8) is 0 Å². The highest BCUT2D eigenvalue weighted by atomic mass is 32.2. The first-order valence-corrected chi connectivity index (χ1v) is 13.2. The first-order chi connectivity index (χ1) is 17.4. The van der Waals surface area contributed by atoms with Crippen LogP contribution < -0.4 is 15.2 Å². The second-order valence-electron chi connectivity index (χ2n) is 8.69. The summed E-state index contributed by atoms with van der Waals surface area (Å²) < 4.78 is 7.24. The van der Waals surface area contributed by atoms with Gasteiger partial charge in [-0.25, -0.2) is 4.98 Å². The minimum absolute atomic E-state index is 0.198. The Hall–Kier alpha value is -3.17. The molecule has 0 spiro atoms. The summed E-state index contributed by atoms with van der Waals surface area (Å²) in [5, 5.41) is 0. The SMILES string of the molecule is CCCN(CCC)c1nc2ccc(C)cn2c(=O)c1C=C1SC(=S)N(Cc2ccc(OC)cc2)C1=O. The summed E-state index contributed by atoms with van der Waals surface area (Å²) in [6, 6.07) is 11.3. The van der Waals surface area contributed by atoms with Crippen LogP contribution >= 0.6 is 24.0 Å². The number of thiocarbonyl (C=S) groups is 1. The normalized spacial score (nSPS) is 14.8. The molecule has 3 aromatic rings. The molecule has 0 bridgehead atoms. The third-order valence-electron chi connectivity index (χ3n) is 5.92. The zero-order valence-electron chi connectivity index (χ0n) is 21.0. The Kier molecular flexibility index (Phi) is 8.11. The number of amides is 1. The lowest BCUT2D eigenvalue weighted by molar-refractivity contribution is -0.122. The highest BCUT2D eigenvalue weighted by Gasteiger charge is 2.33. The predicted octanol–water partition coefficient (Wildman–Crippen LogP) is 5.04. The second-order valence-corrected chi connectivity index (χ2v) is 10.4. The van der Waals surface area contributed by atoms with E-state index in [1.807, 2.05) is 43.3 Å². The van der Waals surface area contributed by atoms with Gasteiger partial charge in [-0.1, -0.05) is 56.0 Å². The number of rotatable bonds is 9. The first kappa shape index (κ1) is 25.9. The smallest absolute Gasteiger partial charge is 0.267 e. The van der Waals surface area contributed by atoms with Gasteiger partial charge in [-0.05, 0) is 55.2 Å². The molecule has 4 rings (SSSR count). The Morgan fingerprint density at radius 3 is 2.42 bits per heavy atom. The van der Waals surface area contributed by atoms with E-state index < -0.39 is 0 Å². The monoisotopic (exact) mass is 522 g/mol. The average molecular weight is 523 g/mol. The molecule has 36 heavy (non-hydrogen) atoms. The summed E-state index contributed by atoms with van der Waals surface area (Å²) >= 11 is 6.76. The molecule has 0 radical (unpaired) electrons. The van der Waals surface area contributed by atoms with Gasteiger partial charge >= 0.3 is 0 Å². The van der Waals surface area contributed by atoms with E-state index in [9.17, 15) is 9.59 Å². The topological polar surface area (TPSA) is 67.2 Å². The number of hydrogen-bond donors (Lipinski definition) is 0. The number of methoxy groups -OCH3 is 1. The predicted molar refractivity (Wildman–Crippen MR) is 151 cm³/mol. The van der Waals surface area contributed by atoms with Crippen LogP contribution in [0.5, 0.6) is 5.75 Å². The van der Waals surface area contributed by atoms with Crippen LogP contribution in [0.15, 0.2) is 52.3 Å². The van der Waals surface area contributed by atoms with E-state index in [0.717, 1.165) is 42.8 Å². The molecule has 1 aromatic carbocycles. The number of carbonyl (C=O) groups is 1. The molecule has 1 aliphatic heterocycles. The number of anilines is 1. The molecule has 2 aromatic heterocycles. The third-order valence-corrected chi connectivity index (χ3v) is 7.30. The van der Waals surface area contributed by atoms with Crippen molar-refractivity contribution in [1.29, 1.82) is 0 Å². The van der Waals surface area contributed by atoms with E-state index >= 15 is 0 Å². The Morgan fingerprint density at radius 2 is 1.78 bits per heavy atom. The molecule has 1 saturated heterocycles.